The fourth-order valence-corrected chi connectivity index (χ4v) is 3.75. The molecule has 1 fully saturated rings. The lowest BCUT2D eigenvalue weighted by Crippen LogP contribution is -2.30. The summed E-state index contributed by atoms with van der Waals surface area (Å²) in [6.45, 7) is -0.212. The number of imide groups is 1. The lowest BCUT2D eigenvalue weighted by Gasteiger charge is -2.14. The first kappa shape index (κ1) is 26.8. The van der Waals surface area contributed by atoms with Crippen molar-refractivity contribution in [2.45, 2.75) is 6.54 Å². The van der Waals surface area contributed by atoms with Gasteiger partial charge in [0, 0.05) is 5.56 Å². The molecule has 12 heteroatoms. The van der Waals surface area contributed by atoms with Gasteiger partial charge in [0.1, 0.15) is 17.2 Å². The first-order valence-electron chi connectivity index (χ1n) is 11.4. The molecule has 0 radical (unpaired) electrons. The van der Waals surface area contributed by atoms with Crippen molar-refractivity contribution in [1.82, 2.24) is 10.2 Å². The number of benzene rings is 2. The number of amides is 3. The second-order valence-electron chi connectivity index (χ2n) is 7.98. The summed E-state index contributed by atoms with van der Waals surface area (Å²) in [5.74, 6) is -0.891. The Kier molecular flexibility index (Phi) is 7.85. The van der Waals surface area contributed by atoms with E-state index in [9.17, 15) is 19.2 Å². The number of nitrogens with one attached hydrogen (secondary N) is 1. The van der Waals surface area contributed by atoms with Crippen LogP contribution in [0.1, 0.15) is 32.2 Å². The van der Waals surface area contributed by atoms with Gasteiger partial charge in [-0.3, -0.25) is 9.69 Å². The highest BCUT2D eigenvalue weighted by Gasteiger charge is 2.34. The molecule has 0 saturated carbocycles. The van der Waals surface area contributed by atoms with E-state index in [1.54, 1.807) is 24.3 Å². The van der Waals surface area contributed by atoms with Crippen LogP contribution < -0.4 is 24.3 Å². The Bertz CT molecular complexity index is 1450. The number of para-hydroxylation sites is 1. The van der Waals surface area contributed by atoms with Crippen LogP contribution in [-0.2, 0) is 16.1 Å². The van der Waals surface area contributed by atoms with Gasteiger partial charge in [0.05, 0.1) is 40.5 Å². The predicted molar refractivity (Wildman–Crippen MR) is 135 cm³/mol. The summed E-state index contributed by atoms with van der Waals surface area (Å²) in [6, 6.07) is 11.5. The molecule has 2 aromatic carbocycles. The number of rotatable bonds is 9. The molecule has 0 spiro atoms. The van der Waals surface area contributed by atoms with Gasteiger partial charge in [0.15, 0.2) is 11.5 Å². The summed E-state index contributed by atoms with van der Waals surface area (Å²) in [4.78, 5) is 51.0. The quantitative estimate of drug-likeness (QED) is 0.187. The number of carbonyl (C=O) groups excluding carboxylic acids is 4. The molecule has 1 saturated heterocycles. The molecule has 4 rings (SSSR count). The molecule has 1 aromatic heterocycles. The van der Waals surface area contributed by atoms with E-state index in [2.05, 4.69) is 10.1 Å². The zero-order valence-corrected chi connectivity index (χ0v) is 21.4. The van der Waals surface area contributed by atoms with Gasteiger partial charge in [-0.1, -0.05) is 18.2 Å². The van der Waals surface area contributed by atoms with Crippen molar-refractivity contribution < 1.29 is 47.3 Å². The van der Waals surface area contributed by atoms with Crippen molar-refractivity contribution in [2.24, 2.45) is 0 Å². The Morgan fingerprint density at radius 1 is 0.897 bits per heavy atom. The summed E-state index contributed by atoms with van der Waals surface area (Å²) in [5, 5.41) is 2.50. The molecule has 12 nitrogen and oxygen atoms in total. The smallest absolute Gasteiger partial charge is 0.373 e. The number of methoxy groups -OCH3 is 4. The average molecular weight is 536 g/mol. The van der Waals surface area contributed by atoms with Gasteiger partial charge in [-0.25, -0.2) is 14.4 Å². The third kappa shape index (κ3) is 5.54. The van der Waals surface area contributed by atoms with E-state index in [1.807, 2.05) is 0 Å². The molecule has 202 valence electrons. The maximum absolute atomic E-state index is 13.0. The number of urea groups is 1. The molecular weight excluding hydrogens is 512 g/mol. The molecule has 39 heavy (non-hydrogen) atoms. The number of esters is 2. The standard InChI is InChI=1S/C27H24N2O10/c1-34-21-12-16(13-22(35-2)23(21)36-3)25(31)39-19-8-6-5-7-15(19)11-18-24(30)29(27(33)28-18)14-17-9-10-20(38-17)26(32)37-4/h5-13H,14H2,1-4H3,(H,28,33)/b18-11+. The van der Waals surface area contributed by atoms with Crippen LogP contribution in [0.15, 0.2) is 58.6 Å². The van der Waals surface area contributed by atoms with Gasteiger partial charge in [-0.2, -0.15) is 0 Å². The summed E-state index contributed by atoms with van der Waals surface area (Å²) >= 11 is 0. The van der Waals surface area contributed by atoms with Crippen molar-refractivity contribution in [3.05, 3.63) is 76.9 Å². The van der Waals surface area contributed by atoms with E-state index < -0.39 is 23.9 Å². The van der Waals surface area contributed by atoms with Crippen LogP contribution in [0, 0.1) is 0 Å². The molecule has 0 bridgehead atoms. The molecule has 0 atom stereocenters. The predicted octanol–water partition coefficient (Wildman–Crippen LogP) is 3.40. The van der Waals surface area contributed by atoms with Crippen LogP contribution in [0.3, 0.4) is 0 Å². The molecule has 0 aliphatic carbocycles. The monoisotopic (exact) mass is 536 g/mol. The van der Waals surface area contributed by atoms with Crippen LogP contribution in [0.4, 0.5) is 4.79 Å². The van der Waals surface area contributed by atoms with Gasteiger partial charge in [-0.05, 0) is 36.4 Å². The number of hydrogen-bond acceptors (Lipinski definition) is 10. The summed E-state index contributed by atoms with van der Waals surface area (Å²) in [6.07, 6.45) is 1.39. The first-order chi connectivity index (χ1) is 18.8. The lowest BCUT2D eigenvalue weighted by molar-refractivity contribution is -0.123. The zero-order valence-electron chi connectivity index (χ0n) is 21.4. The Morgan fingerprint density at radius 2 is 1.59 bits per heavy atom. The fraction of sp³-hybridized carbons (Fsp3) is 0.185. The summed E-state index contributed by atoms with van der Waals surface area (Å²) in [7, 11) is 5.50. The topological polar surface area (TPSA) is 143 Å². The van der Waals surface area contributed by atoms with Crippen LogP contribution in [0.2, 0.25) is 0 Å². The third-order valence-electron chi connectivity index (χ3n) is 5.65. The van der Waals surface area contributed by atoms with E-state index in [0.29, 0.717) is 11.3 Å². The van der Waals surface area contributed by atoms with Gasteiger partial charge >= 0.3 is 18.0 Å². The molecule has 0 unspecified atom stereocenters. The fourth-order valence-electron chi connectivity index (χ4n) is 3.75. The number of furan rings is 1. The van der Waals surface area contributed by atoms with Gasteiger partial charge in [-0.15, -0.1) is 0 Å². The van der Waals surface area contributed by atoms with Crippen molar-refractivity contribution in [1.29, 1.82) is 0 Å². The molecule has 1 aliphatic rings. The van der Waals surface area contributed by atoms with Crippen LogP contribution in [0.5, 0.6) is 23.0 Å². The van der Waals surface area contributed by atoms with Crippen LogP contribution >= 0.6 is 0 Å². The lowest BCUT2D eigenvalue weighted by atomic mass is 10.1. The van der Waals surface area contributed by atoms with E-state index in [4.69, 9.17) is 23.4 Å². The van der Waals surface area contributed by atoms with E-state index in [0.717, 1.165) is 4.90 Å². The van der Waals surface area contributed by atoms with Gasteiger partial charge < -0.3 is 33.4 Å². The Balaban J connectivity index is 1.55. The average Bonchev–Trinajstić information content (AvgIpc) is 3.52. The molecular formula is C27H24N2O10. The van der Waals surface area contributed by atoms with Crippen LogP contribution in [-0.4, -0.2) is 57.2 Å². The second-order valence-corrected chi connectivity index (χ2v) is 7.98. The van der Waals surface area contributed by atoms with Crippen molar-refractivity contribution in [2.75, 3.05) is 28.4 Å². The highest BCUT2D eigenvalue weighted by Crippen LogP contribution is 2.38. The summed E-state index contributed by atoms with van der Waals surface area (Å²) < 4.78 is 31.4. The third-order valence-corrected chi connectivity index (χ3v) is 5.65. The number of hydrogen-bond donors (Lipinski definition) is 1. The largest absolute Gasteiger partial charge is 0.493 e. The van der Waals surface area contributed by atoms with Crippen molar-refractivity contribution in [3.8, 4) is 23.0 Å². The van der Waals surface area contributed by atoms with E-state index >= 15 is 0 Å². The molecule has 1 aliphatic heterocycles. The highest BCUT2D eigenvalue weighted by atomic mass is 16.5. The molecule has 3 amide bonds. The van der Waals surface area contributed by atoms with Crippen molar-refractivity contribution >= 4 is 30.0 Å². The first-order valence-corrected chi connectivity index (χ1v) is 11.4. The number of carbonyl (C=O) groups is 4. The number of nitrogens with zero attached hydrogens (tertiary/aromatic N) is 1. The number of ether oxygens (including phenoxy) is 5. The minimum Gasteiger partial charge on any atom is -0.493 e. The molecule has 2 heterocycles. The maximum Gasteiger partial charge on any atom is 0.373 e. The normalized spacial score (nSPS) is 13.7. The maximum atomic E-state index is 13.0. The Labute approximate surface area is 222 Å². The molecule has 1 N–H and O–H groups in total. The Hall–Kier alpha value is -5.26. The van der Waals surface area contributed by atoms with Gasteiger partial charge in [0.25, 0.3) is 5.91 Å². The second kappa shape index (κ2) is 11.4. The zero-order chi connectivity index (χ0) is 28.1. The SMILES string of the molecule is COC(=O)c1ccc(CN2C(=O)N/C(=C/c3ccccc3OC(=O)c3cc(OC)c(OC)c(OC)c3)C2=O)o1. The summed E-state index contributed by atoms with van der Waals surface area (Å²) in [5.41, 5.74) is 0.443. The van der Waals surface area contributed by atoms with Crippen LogP contribution in [0.25, 0.3) is 6.08 Å². The molecule has 3 aromatic rings. The Morgan fingerprint density at radius 3 is 2.23 bits per heavy atom. The van der Waals surface area contributed by atoms with E-state index in [-0.39, 0.29) is 46.6 Å². The van der Waals surface area contributed by atoms with Crippen molar-refractivity contribution in [3.63, 3.8) is 0 Å². The minimum absolute atomic E-state index is 0.0453. The minimum atomic E-state index is -0.720. The van der Waals surface area contributed by atoms with Gasteiger partial charge in [0.2, 0.25) is 11.5 Å². The highest BCUT2D eigenvalue weighted by molar-refractivity contribution is 6.14. The van der Waals surface area contributed by atoms with E-state index in [1.165, 1.54) is 58.8 Å².